The Kier molecular flexibility index (Phi) is 7.76. The lowest BCUT2D eigenvalue weighted by molar-refractivity contribution is 0.761. The van der Waals surface area contributed by atoms with Gasteiger partial charge in [0.05, 0.1) is 5.41 Å². The lowest BCUT2D eigenvalue weighted by atomic mass is 9.66. The third-order valence-corrected chi connectivity index (χ3v) is 9.09. The number of para-hydroxylation sites is 1. The summed E-state index contributed by atoms with van der Waals surface area (Å²) in [4.78, 5) is 2.34. The summed E-state index contributed by atoms with van der Waals surface area (Å²) in [5, 5.41) is 0. The van der Waals surface area contributed by atoms with E-state index in [-0.39, 0.29) is 0 Å². The third-order valence-electron chi connectivity index (χ3n) is 9.09. The first-order valence-electron chi connectivity index (χ1n) is 15.8. The van der Waals surface area contributed by atoms with Crippen LogP contribution in [-0.2, 0) is 5.41 Å². The van der Waals surface area contributed by atoms with Crippen molar-refractivity contribution in [3.63, 3.8) is 0 Å². The first kappa shape index (κ1) is 28.4. The second kappa shape index (κ2) is 12.3. The van der Waals surface area contributed by atoms with E-state index in [1.54, 1.807) is 0 Å². The Hall–Kier alpha value is -5.40. The van der Waals surface area contributed by atoms with Crippen LogP contribution in [0.25, 0.3) is 11.1 Å². The van der Waals surface area contributed by atoms with E-state index in [2.05, 4.69) is 182 Å². The van der Waals surface area contributed by atoms with E-state index >= 15 is 0 Å². The minimum atomic E-state index is -0.465. The Bertz CT molecular complexity index is 1940. The Morgan fingerprint density at radius 3 is 1.89 bits per heavy atom. The van der Waals surface area contributed by atoms with Gasteiger partial charge in [0, 0.05) is 17.1 Å². The number of hydrogen-bond donors (Lipinski definition) is 0. The van der Waals surface area contributed by atoms with E-state index in [0.29, 0.717) is 0 Å². The number of fused-ring (bicyclic) bond motifs is 1. The van der Waals surface area contributed by atoms with Gasteiger partial charge in [-0.25, -0.2) is 0 Å². The van der Waals surface area contributed by atoms with Crippen LogP contribution >= 0.6 is 0 Å². The highest BCUT2D eigenvalue weighted by molar-refractivity contribution is 5.92. The fourth-order valence-electron chi connectivity index (χ4n) is 7.13. The molecule has 1 heteroatoms. The van der Waals surface area contributed by atoms with Crippen LogP contribution in [0.1, 0.15) is 47.6 Å². The van der Waals surface area contributed by atoms with Crippen LogP contribution in [0, 0.1) is 0 Å². The molecule has 0 spiro atoms. The Morgan fingerprint density at radius 1 is 0.644 bits per heavy atom. The summed E-state index contributed by atoms with van der Waals surface area (Å²) in [6, 6.07) is 48.5. The summed E-state index contributed by atoms with van der Waals surface area (Å²) >= 11 is 0. The number of hydrogen-bond acceptors (Lipinski definition) is 1. The Labute approximate surface area is 267 Å². The van der Waals surface area contributed by atoms with Gasteiger partial charge < -0.3 is 4.90 Å². The van der Waals surface area contributed by atoms with Gasteiger partial charge in [0.15, 0.2) is 0 Å². The molecule has 1 atom stereocenters. The molecule has 0 saturated carbocycles. The van der Waals surface area contributed by atoms with Crippen molar-refractivity contribution in [3.05, 3.63) is 210 Å². The van der Waals surface area contributed by atoms with E-state index in [1.165, 1.54) is 44.5 Å². The molecule has 0 bridgehead atoms. The number of nitrogens with zero attached hydrogens (tertiary/aromatic N) is 1. The van der Waals surface area contributed by atoms with E-state index in [0.717, 1.165) is 29.9 Å². The quantitative estimate of drug-likeness (QED) is 0.177. The second-order valence-electron chi connectivity index (χ2n) is 11.6. The maximum absolute atomic E-state index is 4.26. The monoisotopic (exact) mass is 579 g/mol. The van der Waals surface area contributed by atoms with Crippen molar-refractivity contribution in [3.8, 4) is 0 Å². The summed E-state index contributed by atoms with van der Waals surface area (Å²) < 4.78 is 0. The summed E-state index contributed by atoms with van der Waals surface area (Å²) in [6.45, 7) is 6.36. The molecule has 1 nitrogen and oxygen atoms in total. The predicted octanol–water partition coefficient (Wildman–Crippen LogP) is 11.8. The molecule has 0 aliphatic heterocycles. The lowest BCUT2D eigenvalue weighted by Crippen LogP contribution is -2.29. The van der Waals surface area contributed by atoms with Gasteiger partial charge in [-0.05, 0) is 101 Å². The molecule has 0 N–H and O–H groups in total. The number of benzene rings is 5. The van der Waals surface area contributed by atoms with Crippen molar-refractivity contribution >= 4 is 28.2 Å². The van der Waals surface area contributed by atoms with E-state index in [9.17, 15) is 0 Å². The smallest absolute Gasteiger partial charge is 0.0713 e. The standard InChI is InChI=1S/C44H37N/c1-3-16-42-40(4-2)41-23-14-15-24-43(41)44(42,35-19-10-6-11-20-35)36-27-31-39(32-28-36)45(37-21-12-7-13-22-37)38-29-25-34(26-30-38)33-17-8-5-9-18-33/h3-4,6-8,10-32H,2,5,9H2,1H3/b16-3-. The summed E-state index contributed by atoms with van der Waals surface area (Å²) in [7, 11) is 0. The maximum atomic E-state index is 4.26. The molecule has 218 valence electrons. The SMILES string of the molecule is C=CC1=C(/C=C\C)C(c2ccccc2)(c2ccc(N(c3ccccc3)c3ccc(C4=CCCC=C4)cc3)cc2)c2ccccc21. The lowest BCUT2D eigenvalue weighted by Gasteiger charge is -2.35. The van der Waals surface area contributed by atoms with Gasteiger partial charge in [-0.1, -0.05) is 140 Å². The molecule has 0 aromatic heterocycles. The van der Waals surface area contributed by atoms with Crippen molar-refractivity contribution in [1.82, 2.24) is 0 Å². The normalized spacial score (nSPS) is 17.3. The van der Waals surface area contributed by atoms with Gasteiger partial charge in [-0.15, -0.1) is 0 Å². The van der Waals surface area contributed by atoms with Gasteiger partial charge in [0.2, 0.25) is 0 Å². The molecule has 0 fully saturated rings. The van der Waals surface area contributed by atoms with Gasteiger partial charge >= 0.3 is 0 Å². The Morgan fingerprint density at radius 2 is 1.24 bits per heavy atom. The summed E-state index contributed by atoms with van der Waals surface area (Å²) in [5.74, 6) is 0. The van der Waals surface area contributed by atoms with Crippen LogP contribution in [0.15, 0.2) is 182 Å². The van der Waals surface area contributed by atoms with E-state index < -0.39 is 5.41 Å². The van der Waals surface area contributed by atoms with Crippen LogP contribution in [0.2, 0.25) is 0 Å². The molecule has 1 unspecified atom stereocenters. The predicted molar refractivity (Wildman–Crippen MR) is 192 cm³/mol. The first-order valence-corrected chi connectivity index (χ1v) is 15.8. The topological polar surface area (TPSA) is 3.24 Å². The number of allylic oxidation sites excluding steroid dienone is 9. The van der Waals surface area contributed by atoms with Crippen molar-refractivity contribution in [2.75, 3.05) is 4.90 Å². The largest absolute Gasteiger partial charge is 0.311 e. The molecule has 7 rings (SSSR count). The van der Waals surface area contributed by atoms with Crippen LogP contribution in [0.4, 0.5) is 17.1 Å². The van der Waals surface area contributed by atoms with Crippen molar-refractivity contribution < 1.29 is 0 Å². The fraction of sp³-hybridized carbons (Fsp3) is 0.0909. The molecule has 0 amide bonds. The summed E-state index contributed by atoms with van der Waals surface area (Å²) in [5.41, 5.74) is 12.9. The third kappa shape index (κ3) is 4.91. The van der Waals surface area contributed by atoms with Gasteiger partial charge in [0.1, 0.15) is 0 Å². The molecule has 5 aromatic carbocycles. The fourth-order valence-corrected chi connectivity index (χ4v) is 7.13. The zero-order valence-corrected chi connectivity index (χ0v) is 25.7. The Balaban J connectivity index is 1.38. The van der Waals surface area contributed by atoms with Crippen molar-refractivity contribution in [1.29, 1.82) is 0 Å². The number of rotatable bonds is 8. The highest BCUT2D eigenvalue weighted by Gasteiger charge is 2.46. The highest BCUT2D eigenvalue weighted by Crippen LogP contribution is 2.55. The average molecular weight is 580 g/mol. The average Bonchev–Trinajstić information content (AvgIpc) is 3.40. The molecule has 2 aliphatic carbocycles. The zero-order chi connectivity index (χ0) is 30.6. The van der Waals surface area contributed by atoms with Crippen LogP contribution < -0.4 is 4.90 Å². The van der Waals surface area contributed by atoms with E-state index in [1.807, 2.05) is 6.08 Å². The van der Waals surface area contributed by atoms with Gasteiger partial charge in [-0.3, -0.25) is 0 Å². The van der Waals surface area contributed by atoms with Crippen LogP contribution in [0.3, 0.4) is 0 Å². The van der Waals surface area contributed by atoms with Crippen molar-refractivity contribution in [2.45, 2.75) is 25.2 Å². The molecule has 2 aliphatic rings. The minimum Gasteiger partial charge on any atom is -0.311 e. The molecular formula is C44H37N. The van der Waals surface area contributed by atoms with Gasteiger partial charge in [0.25, 0.3) is 0 Å². The molecule has 0 heterocycles. The molecule has 5 aromatic rings. The summed E-state index contributed by atoms with van der Waals surface area (Å²) in [6.07, 6.45) is 15.5. The molecular weight excluding hydrogens is 542 g/mol. The van der Waals surface area contributed by atoms with Crippen LogP contribution in [0.5, 0.6) is 0 Å². The van der Waals surface area contributed by atoms with Crippen molar-refractivity contribution in [2.24, 2.45) is 0 Å². The first-order chi connectivity index (χ1) is 22.3. The molecule has 45 heavy (non-hydrogen) atoms. The second-order valence-corrected chi connectivity index (χ2v) is 11.6. The van der Waals surface area contributed by atoms with Crippen LogP contribution in [-0.4, -0.2) is 0 Å². The van der Waals surface area contributed by atoms with Gasteiger partial charge in [-0.2, -0.15) is 0 Å². The number of anilines is 3. The maximum Gasteiger partial charge on any atom is 0.0713 e. The van der Waals surface area contributed by atoms with E-state index in [4.69, 9.17) is 0 Å². The zero-order valence-electron chi connectivity index (χ0n) is 25.7. The minimum absolute atomic E-state index is 0.465. The molecule has 0 saturated heterocycles. The highest BCUT2D eigenvalue weighted by atomic mass is 15.1. The molecule has 0 radical (unpaired) electrons.